The topological polar surface area (TPSA) is 92.4 Å². The SMILES string of the molecule is Cc1c2c(-c3nc(C4CCC(C)(C)O4)no3)ncn2c2cccc(Cl)c2[n+]1[O-]. The van der Waals surface area contributed by atoms with E-state index in [2.05, 4.69) is 15.1 Å². The van der Waals surface area contributed by atoms with Crippen molar-refractivity contribution in [3.8, 4) is 11.6 Å². The molecule has 0 aliphatic carbocycles. The number of nitrogens with zero attached hydrogens (tertiary/aromatic N) is 5. The Hall–Kier alpha value is -2.71. The van der Waals surface area contributed by atoms with E-state index < -0.39 is 0 Å². The smallest absolute Gasteiger partial charge is 0.279 e. The van der Waals surface area contributed by atoms with E-state index in [9.17, 15) is 5.21 Å². The monoisotopic (exact) mass is 399 g/mol. The van der Waals surface area contributed by atoms with Crippen molar-refractivity contribution in [3.05, 3.63) is 46.3 Å². The summed E-state index contributed by atoms with van der Waals surface area (Å²) in [5, 5.41) is 17.3. The molecule has 0 saturated carbocycles. The number of imidazole rings is 1. The Bertz CT molecular complexity index is 1230. The fourth-order valence-corrected chi connectivity index (χ4v) is 4.07. The zero-order chi connectivity index (χ0) is 19.6. The van der Waals surface area contributed by atoms with Crippen molar-refractivity contribution in [1.29, 1.82) is 0 Å². The first-order valence-electron chi connectivity index (χ1n) is 9.05. The fraction of sp³-hybridized carbons (Fsp3) is 0.368. The molecule has 4 heterocycles. The van der Waals surface area contributed by atoms with Gasteiger partial charge in [-0.1, -0.05) is 22.8 Å². The molecule has 0 bridgehead atoms. The molecule has 1 aliphatic rings. The van der Waals surface area contributed by atoms with Gasteiger partial charge in [-0.25, -0.2) is 4.98 Å². The third-order valence-electron chi connectivity index (χ3n) is 5.25. The third kappa shape index (κ3) is 2.48. The minimum Gasteiger partial charge on any atom is -0.618 e. The van der Waals surface area contributed by atoms with Crippen molar-refractivity contribution in [2.24, 2.45) is 0 Å². The van der Waals surface area contributed by atoms with E-state index in [4.69, 9.17) is 20.9 Å². The highest BCUT2D eigenvalue weighted by Gasteiger charge is 2.36. The second kappa shape index (κ2) is 5.89. The van der Waals surface area contributed by atoms with Crippen LogP contribution in [0.4, 0.5) is 0 Å². The fourth-order valence-electron chi connectivity index (χ4n) is 3.82. The van der Waals surface area contributed by atoms with Crippen LogP contribution in [0.2, 0.25) is 5.02 Å². The van der Waals surface area contributed by atoms with Gasteiger partial charge in [-0.3, -0.25) is 4.40 Å². The van der Waals surface area contributed by atoms with E-state index in [1.807, 2.05) is 24.3 Å². The van der Waals surface area contributed by atoms with Crippen molar-refractivity contribution >= 4 is 28.2 Å². The van der Waals surface area contributed by atoms with E-state index in [0.717, 1.165) is 17.6 Å². The number of rotatable bonds is 2. The molecular formula is C19H18ClN5O3. The molecule has 1 saturated heterocycles. The molecule has 28 heavy (non-hydrogen) atoms. The lowest BCUT2D eigenvalue weighted by Crippen LogP contribution is -2.32. The van der Waals surface area contributed by atoms with Crippen molar-refractivity contribution in [1.82, 2.24) is 19.5 Å². The van der Waals surface area contributed by atoms with Gasteiger partial charge >= 0.3 is 0 Å². The van der Waals surface area contributed by atoms with Crippen molar-refractivity contribution < 1.29 is 14.0 Å². The van der Waals surface area contributed by atoms with Gasteiger partial charge in [0.1, 0.15) is 28.5 Å². The summed E-state index contributed by atoms with van der Waals surface area (Å²) in [6.07, 6.45) is 3.19. The van der Waals surface area contributed by atoms with Gasteiger partial charge in [-0.05, 0) is 38.8 Å². The molecule has 144 valence electrons. The van der Waals surface area contributed by atoms with E-state index >= 15 is 0 Å². The summed E-state index contributed by atoms with van der Waals surface area (Å²) in [4.78, 5) is 8.95. The molecule has 0 spiro atoms. The highest BCUT2D eigenvalue weighted by atomic mass is 35.5. The Labute approximate surface area is 165 Å². The Morgan fingerprint density at radius 2 is 2.18 bits per heavy atom. The first kappa shape index (κ1) is 17.4. The highest BCUT2D eigenvalue weighted by Crippen LogP contribution is 2.38. The summed E-state index contributed by atoms with van der Waals surface area (Å²) in [6, 6.07) is 5.30. The van der Waals surface area contributed by atoms with E-state index in [0.29, 0.717) is 38.8 Å². The van der Waals surface area contributed by atoms with Gasteiger partial charge in [0.2, 0.25) is 11.5 Å². The van der Waals surface area contributed by atoms with Crippen molar-refractivity contribution in [2.75, 3.05) is 0 Å². The third-order valence-corrected chi connectivity index (χ3v) is 5.55. The number of aromatic nitrogens is 5. The van der Waals surface area contributed by atoms with Crippen LogP contribution in [-0.2, 0) is 4.74 Å². The summed E-state index contributed by atoms with van der Waals surface area (Å²) in [5.41, 5.74) is 2.36. The molecule has 0 N–H and O–H groups in total. The van der Waals surface area contributed by atoms with Crippen molar-refractivity contribution in [2.45, 2.75) is 45.3 Å². The van der Waals surface area contributed by atoms with Crippen LogP contribution in [0.1, 0.15) is 44.3 Å². The number of para-hydroxylation sites is 1. The second-order valence-electron chi connectivity index (χ2n) is 7.66. The van der Waals surface area contributed by atoms with Crippen LogP contribution >= 0.6 is 11.6 Å². The number of hydrogen-bond acceptors (Lipinski definition) is 6. The molecule has 8 nitrogen and oxygen atoms in total. The molecular weight excluding hydrogens is 382 g/mol. The number of hydrogen-bond donors (Lipinski definition) is 0. The zero-order valence-corrected chi connectivity index (χ0v) is 16.4. The largest absolute Gasteiger partial charge is 0.618 e. The molecule has 4 aromatic rings. The van der Waals surface area contributed by atoms with Gasteiger partial charge in [0.15, 0.2) is 5.69 Å². The summed E-state index contributed by atoms with van der Waals surface area (Å²) >= 11 is 6.25. The minimum atomic E-state index is -0.202. The summed E-state index contributed by atoms with van der Waals surface area (Å²) in [7, 11) is 0. The molecule has 5 rings (SSSR count). The molecule has 1 atom stereocenters. The lowest BCUT2D eigenvalue weighted by molar-refractivity contribution is -0.583. The maximum atomic E-state index is 12.8. The van der Waals surface area contributed by atoms with Gasteiger partial charge in [0.25, 0.3) is 11.4 Å². The average Bonchev–Trinajstić information content (AvgIpc) is 3.36. The van der Waals surface area contributed by atoms with Crippen LogP contribution in [0.25, 0.3) is 28.1 Å². The Balaban J connectivity index is 1.66. The molecule has 9 heteroatoms. The first-order chi connectivity index (χ1) is 13.4. The van der Waals surface area contributed by atoms with Gasteiger partial charge < -0.3 is 14.5 Å². The minimum absolute atomic E-state index is 0.199. The summed E-state index contributed by atoms with van der Waals surface area (Å²) < 4.78 is 14.1. The molecule has 0 radical (unpaired) electrons. The van der Waals surface area contributed by atoms with Gasteiger partial charge in [0, 0.05) is 6.92 Å². The second-order valence-corrected chi connectivity index (χ2v) is 8.07. The lowest BCUT2D eigenvalue weighted by atomic mass is 10.1. The number of fused-ring (bicyclic) bond motifs is 3. The maximum Gasteiger partial charge on any atom is 0.279 e. The standard InChI is InChI=1S/C19H18ClN5O3/c1-10-15-14(18-22-17(23-28-18)13-7-8-19(2,3)27-13)21-9-24(15)12-6-4-5-11(20)16(12)25(10)26/h4-6,9,13H,7-8H2,1-3H3. The molecule has 1 aromatic carbocycles. The van der Waals surface area contributed by atoms with Gasteiger partial charge in [-0.2, -0.15) is 9.71 Å². The van der Waals surface area contributed by atoms with Gasteiger partial charge in [0.05, 0.1) is 5.60 Å². The van der Waals surface area contributed by atoms with Crippen LogP contribution in [0.3, 0.4) is 0 Å². The number of benzene rings is 1. The van der Waals surface area contributed by atoms with Crippen LogP contribution in [0, 0.1) is 12.1 Å². The van der Waals surface area contributed by atoms with E-state index in [1.54, 1.807) is 25.4 Å². The predicted octanol–water partition coefficient (Wildman–Crippen LogP) is 3.76. The normalized spacial score (nSPS) is 19.1. The van der Waals surface area contributed by atoms with Gasteiger partial charge in [-0.15, -0.1) is 0 Å². The van der Waals surface area contributed by atoms with E-state index in [-0.39, 0.29) is 17.6 Å². The summed E-state index contributed by atoms with van der Waals surface area (Å²) in [6.45, 7) is 5.81. The van der Waals surface area contributed by atoms with E-state index in [1.165, 1.54) is 0 Å². The Morgan fingerprint density at radius 1 is 1.36 bits per heavy atom. The predicted molar refractivity (Wildman–Crippen MR) is 102 cm³/mol. The molecule has 1 unspecified atom stereocenters. The quantitative estimate of drug-likeness (QED) is 0.376. The van der Waals surface area contributed by atoms with Crippen LogP contribution in [-0.4, -0.2) is 25.1 Å². The first-order valence-corrected chi connectivity index (χ1v) is 9.43. The molecule has 0 amide bonds. The maximum absolute atomic E-state index is 12.8. The Kier molecular flexibility index (Phi) is 3.66. The van der Waals surface area contributed by atoms with Crippen LogP contribution in [0.15, 0.2) is 29.0 Å². The Morgan fingerprint density at radius 3 is 2.93 bits per heavy atom. The highest BCUT2D eigenvalue weighted by molar-refractivity contribution is 6.34. The zero-order valence-electron chi connectivity index (χ0n) is 15.6. The lowest BCUT2D eigenvalue weighted by Gasteiger charge is -2.17. The average molecular weight is 400 g/mol. The van der Waals surface area contributed by atoms with Crippen LogP contribution < -0.4 is 4.73 Å². The molecule has 1 aliphatic heterocycles. The number of halogens is 1. The molecule has 1 fully saturated rings. The summed E-state index contributed by atoms with van der Waals surface area (Å²) in [5.74, 6) is 0.758. The van der Waals surface area contributed by atoms with Crippen LogP contribution in [0.5, 0.6) is 0 Å². The molecule has 3 aromatic heterocycles. The number of ether oxygens (including phenoxy) is 1. The number of aryl methyl sites for hydroxylation is 1. The van der Waals surface area contributed by atoms with Crippen molar-refractivity contribution in [3.63, 3.8) is 0 Å².